The zero-order chi connectivity index (χ0) is 17.6. The first-order valence-electron chi connectivity index (χ1n) is 7.54. The molecule has 0 fully saturated rings. The number of H-pyrrole nitrogens is 1. The van der Waals surface area contributed by atoms with Gasteiger partial charge in [0.1, 0.15) is 12.4 Å². The Balaban J connectivity index is 2.00. The molecule has 1 N–H and O–H groups in total. The quantitative estimate of drug-likeness (QED) is 0.440. The van der Waals surface area contributed by atoms with E-state index in [2.05, 4.69) is 16.0 Å². The molecule has 0 amide bonds. The van der Waals surface area contributed by atoms with E-state index in [4.69, 9.17) is 9.47 Å². The summed E-state index contributed by atoms with van der Waals surface area (Å²) in [4.78, 5) is 18.7. The highest BCUT2D eigenvalue weighted by Gasteiger charge is 2.11. The van der Waals surface area contributed by atoms with Crippen LogP contribution < -0.4 is 4.74 Å². The number of nitrogens with one attached hydrogen (secondary N) is 1. The maximum absolute atomic E-state index is 11.6. The van der Waals surface area contributed by atoms with Gasteiger partial charge in [0.05, 0.1) is 11.6 Å². The number of allylic oxidation sites excluding steroid dienone is 1. The van der Waals surface area contributed by atoms with Crippen molar-refractivity contribution in [2.45, 2.75) is 0 Å². The Morgan fingerprint density at radius 1 is 1.40 bits per heavy atom. The molecule has 1 aromatic carbocycles. The Kier molecular flexibility index (Phi) is 4.88. The van der Waals surface area contributed by atoms with E-state index in [1.807, 2.05) is 12.1 Å². The zero-order valence-corrected chi connectivity index (χ0v) is 13.5. The molecular weight excluding hydrogens is 318 g/mol. The van der Waals surface area contributed by atoms with E-state index in [0.29, 0.717) is 11.3 Å². The lowest BCUT2D eigenvalue weighted by molar-refractivity contribution is -0.138. The number of aromatic amines is 1. The first kappa shape index (κ1) is 16.4. The van der Waals surface area contributed by atoms with E-state index in [9.17, 15) is 10.1 Å². The molecule has 0 aliphatic rings. The number of ether oxygens (including phenoxy) is 2. The van der Waals surface area contributed by atoms with Crippen molar-refractivity contribution in [2.75, 3.05) is 13.7 Å². The maximum Gasteiger partial charge on any atom is 0.337 e. The minimum Gasteiger partial charge on any atom is -0.425 e. The first-order chi connectivity index (χ1) is 12.2. The molecule has 0 aliphatic carbocycles. The van der Waals surface area contributed by atoms with Crippen LogP contribution in [-0.2, 0) is 9.53 Å². The van der Waals surface area contributed by atoms with E-state index >= 15 is 0 Å². The Morgan fingerprint density at radius 3 is 3.00 bits per heavy atom. The van der Waals surface area contributed by atoms with Crippen LogP contribution >= 0.6 is 0 Å². The molecule has 124 valence electrons. The van der Waals surface area contributed by atoms with Crippen molar-refractivity contribution in [3.8, 4) is 11.8 Å². The van der Waals surface area contributed by atoms with Crippen LogP contribution in [-0.4, -0.2) is 29.7 Å². The Bertz CT molecular complexity index is 968. The molecule has 3 rings (SSSR count). The van der Waals surface area contributed by atoms with Gasteiger partial charge in [0.2, 0.25) is 0 Å². The lowest BCUT2D eigenvalue weighted by atomic mass is 10.0. The number of carbonyl (C=O) groups is 1. The smallest absolute Gasteiger partial charge is 0.337 e. The molecule has 3 aromatic rings. The van der Waals surface area contributed by atoms with Crippen molar-refractivity contribution < 1.29 is 14.3 Å². The molecular formula is C19H15N3O3. The van der Waals surface area contributed by atoms with Gasteiger partial charge in [0, 0.05) is 42.2 Å². The van der Waals surface area contributed by atoms with Crippen LogP contribution in [0, 0.1) is 11.3 Å². The maximum atomic E-state index is 11.6. The summed E-state index contributed by atoms with van der Waals surface area (Å²) in [6, 6.07) is 11.1. The molecule has 0 saturated carbocycles. The Labute approximate surface area is 144 Å². The summed E-state index contributed by atoms with van der Waals surface area (Å²) in [6.07, 6.45) is 6.88. The summed E-state index contributed by atoms with van der Waals surface area (Å²) in [5.41, 5.74) is 2.88. The van der Waals surface area contributed by atoms with Crippen molar-refractivity contribution in [3.05, 3.63) is 60.0 Å². The topological polar surface area (TPSA) is 88.0 Å². The minimum atomic E-state index is -0.481. The molecule has 6 nitrogen and oxygen atoms in total. The molecule has 6 heteroatoms. The van der Waals surface area contributed by atoms with Gasteiger partial charge < -0.3 is 14.5 Å². The highest BCUT2D eigenvalue weighted by atomic mass is 16.6. The highest BCUT2D eigenvalue weighted by molar-refractivity contribution is 6.01. The number of methoxy groups -OCH3 is 1. The summed E-state index contributed by atoms with van der Waals surface area (Å²) in [7, 11) is 1.43. The second-order valence-electron chi connectivity index (χ2n) is 5.27. The van der Waals surface area contributed by atoms with Gasteiger partial charge in [-0.2, -0.15) is 5.26 Å². The van der Waals surface area contributed by atoms with Crippen LogP contribution in [0.15, 0.2) is 48.9 Å². The molecule has 0 radical (unpaired) electrons. The summed E-state index contributed by atoms with van der Waals surface area (Å²) >= 11 is 0. The van der Waals surface area contributed by atoms with Gasteiger partial charge in [0.25, 0.3) is 0 Å². The van der Waals surface area contributed by atoms with Gasteiger partial charge in [-0.15, -0.1) is 0 Å². The highest BCUT2D eigenvalue weighted by Crippen LogP contribution is 2.29. The predicted octanol–water partition coefficient (Wildman–Crippen LogP) is 3.18. The summed E-state index contributed by atoms with van der Waals surface area (Å²) in [5, 5.41) is 10.3. The fourth-order valence-electron chi connectivity index (χ4n) is 2.46. The summed E-state index contributed by atoms with van der Waals surface area (Å²) < 4.78 is 9.98. The summed E-state index contributed by atoms with van der Waals surface area (Å²) in [6.45, 7) is -0.123. The predicted molar refractivity (Wildman–Crippen MR) is 93.5 cm³/mol. The van der Waals surface area contributed by atoms with Crippen LogP contribution in [0.2, 0.25) is 0 Å². The molecule has 0 bridgehead atoms. The van der Waals surface area contributed by atoms with Gasteiger partial charge in [0.15, 0.2) is 0 Å². The number of esters is 1. The normalized spacial score (nSPS) is 11.3. The van der Waals surface area contributed by atoms with E-state index in [1.54, 1.807) is 42.9 Å². The third-order valence-corrected chi connectivity index (χ3v) is 3.55. The van der Waals surface area contributed by atoms with Gasteiger partial charge in [-0.3, -0.25) is 4.98 Å². The van der Waals surface area contributed by atoms with Crippen molar-refractivity contribution in [2.24, 2.45) is 0 Å². The van der Waals surface area contributed by atoms with Crippen LogP contribution in [0.25, 0.3) is 22.6 Å². The van der Waals surface area contributed by atoms with Crippen LogP contribution in [0.3, 0.4) is 0 Å². The van der Waals surface area contributed by atoms with E-state index in [1.165, 1.54) is 7.11 Å². The van der Waals surface area contributed by atoms with Crippen LogP contribution in [0.1, 0.15) is 11.1 Å². The van der Waals surface area contributed by atoms with Crippen molar-refractivity contribution in [1.82, 2.24) is 9.97 Å². The zero-order valence-electron chi connectivity index (χ0n) is 13.5. The van der Waals surface area contributed by atoms with Crippen LogP contribution in [0.5, 0.6) is 5.75 Å². The molecule has 0 atom stereocenters. The number of hydrogen-bond acceptors (Lipinski definition) is 5. The van der Waals surface area contributed by atoms with E-state index < -0.39 is 5.97 Å². The number of rotatable bonds is 5. The van der Waals surface area contributed by atoms with Gasteiger partial charge in [-0.05, 0) is 35.9 Å². The number of carbonyl (C=O) groups excluding carboxylic acids is 1. The second kappa shape index (κ2) is 7.43. The number of nitriles is 1. The Hall–Kier alpha value is -3.43. The number of nitrogens with zero attached hydrogens (tertiary/aromatic N) is 2. The fourth-order valence-corrected chi connectivity index (χ4v) is 2.46. The van der Waals surface area contributed by atoms with Gasteiger partial charge in [-0.25, -0.2) is 4.79 Å². The van der Waals surface area contributed by atoms with Crippen molar-refractivity contribution in [3.63, 3.8) is 0 Å². The number of benzene rings is 1. The molecule has 0 spiro atoms. The third kappa shape index (κ3) is 3.74. The largest absolute Gasteiger partial charge is 0.425 e. The SMILES string of the molecule is COCC(=O)Oc1ccc2[nH]cc(/C(C#N)=C/c3cccnc3)c2c1. The fraction of sp³-hybridized carbons (Fsp3) is 0.105. The Morgan fingerprint density at radius 2 is 2.28 bits per heavy atom. The monoisotopic (exact) mass is 333 g/mol. The molecule has 0 aliphatic heterocycles. The lowest BCUT2D eigenvalue weighted by Gasteiger charge is -2.04. The number of aromatic nitrogens is 2. The average molecular weight is 333 g/mol. The summed E-state index contributed by atoms with van der Waals surface area (Å²) in [5.74, 6) is -0.0839. The van der Waals surface area contributed by atoms with E-state index in [-0.39, 0.29) is 6.61 Å². The molecule has 0 unspecified atom stereocenters. The van der Waals surface area contributed by atoms with Crippen molar-refractivity contribution in [1.29, 1.82) is 5.26 Å². The van der Waals surface area contributed by atoms with Gasteiger partial charge in [-0.1, -0.05) is 6.07 Å². The second-order valence-corrected chi connectivity index (χ2v) is 5.27. The number of pyridine rings is 1. The molecule has 25 heavy (non-hydrogen) atoms. The first-order valence-corrected chi connectivity index (χ1v) is 7.54. The number of hydrogen-bond donors (Lipinski definition) is 1. The molecule has 2 aromatic heterocycles. The van der Waals surface area contributed by atoms with E-state index in [0.717, 1.165) is 22.0 Å². The van der Waals surface area contributed by atoms with Crippen LogP contribution in [0.4, 0.5) is 0 Å². The molecule has 2 heterocycles. The number of fused-ring (bicyclic) bond motifs is 1. The average Bonchev–Trinajstić information content (AvgIpc) is 3.04. The van der Waals surface area contributed by atoms with Crippen molar-refractivity contribution >= 4 is 28.5 Å². The third-order valence-electron chi connectivity index (χ3n) is 3.55. The lowest BCUT2D eigenvalue weighted by Crippen LogP contribution is -2.14. The standard InChI is InChI=1S/C19H15N3O3/c1-24-12-19(23)25-15-4-5-18-16(8-15)17(11-22-18)14(9-20)7-13-3-2-6-21-10-13/h2-8,10-11,22H,12H2,1H3/b14-7+. The van der Waals surface area contributed by atoms with Gasteiger partial charge >= 0.3 is 5.97 Å². The minimum absolute atomic E-state index is 0.123. The molecule has 0 saturated heterocycles.